The number of nitrogens with one attached hydrogen (secondary N) is 2. The minimum atomic E-state index is -0.442. The normalized spacial score (nSPS) is 19.3. The van der Waals surface area contributed by atoms with Crippen LogP contribution in [0, 0.1) is 5.82 Å². The molecule has 0 saturated carbocycles. The molecule has 2 N–H and O–H groups in total. The highest BCUT2D eigenvalue weighted by Crippen LogP contribution is 2.19. The number of piperidine rings is 1. The molecule has 1 atom stereocenters. The standard InChI is InChI=1S/C13H17FN2O2/c1-18-12-5-4-9(14)7-11(12)13(17)16-10-3-2-6-15-8-10/h4-5,7,10,15H,2-3,6,8H2,1H3,(H,16,17). The molecule has 0 aliphatic carbocycles. The van der Waals surface area contributed by atoms with Crippen molar-refractivity contribution >= 4 is 5.91 Å². The Kier molecular flexibility index (Phi) is 4.15. The molecule has 1 aromatic rings. The molecule has 1 aromatic carbocycles. The van der Waals surface area contributed by atoms with Crippen molar-refractivity contribution in [2.24, 2.45) is 0 Å². The third kappa shape index (κ3) is 2.98. The fourth-order valence-electron chi connectivity index (χ4n) is 2.10. The first-order chi connectivity index (χ1) is 8.70. The van der Waals surface area contributed by atoms with Crippen molar-refractivity contribution in [2.45, 2.75) is 18.9 Å². The van der Waals surface area contributed by atoms with E-state index < -0.39 is 5.82 Å². The molecule has 2 rings (SSSR count). The molecular weight excluding hydrogens is 235 g/mol. The first kappa shape index (κ1) is 12.8. The summed E-state index contributed by atoms with van der Waals surface area (Å²) in [5.74, 6) is -0.347. The number of hydrogen-bond acceptors (Lipinski definition) is 3. The van der Waals surface area contributed by atoms with Gasteiger partial charge < -0.3 is 15.4 Å². The molecule has 1 aliphatic rings. The molecule has 1 saturated heterocycles. The van der Waals surface area contributed by atoms with E-state index in [-0.39, 0.29) is 17.5 Å². The van der Waals surface area contributed by atoms with Gasteiger partial charge in [0.2, 0.25) is 0 Å². The predicted molar refractivity (Wildman–Crippen MR) is 66.3 cm³/mol. The topological polar surface area (TPSA) is 50.4 Å². The van der Waals surface area contributed by atoms with Crippen LogP contribution in [0.5, 0.6) is 5.75 Å². The van der Waals surface area contributed by atoms with Crippen LogP contribution < -0.4 is 15.4 Å². The fourth-order valence-corrected chi connectivity index (χ4v) is 2.10. The summed E-state index contributed by atoms with van der Waals surface area (Å²) in [6.07, 6.45) is 1.97. The van der Waals surface area contributed by atoms with Crippen LogP contribution in [0.3, 0.4) is 0 Å². The zero-order valence-electron chi connectivity index (χ0n) is 10.3. The highest BCUT2D eigenvalue weighted by molar-refractivity contribution is 5.97. The molecule has 0 bridgehead atoms. The molecule has 1 fully saturated rings. The van der Waals surface area contributed by atoms with Gasteiger partial charge in [-0.3, -0.25) is 4.79 Å². The van der Waals surface area contributed by atoms with Gasteiger partial charge in [-0.25, -0.2) is 4.39 Å². The van der Waals surface area contributed by atoms with Crippen LogP contribution in [0.4, 0.5) is 4.39 Å². The maximum Gasteiger partial charge on any atom is 0.255 e. The van der Waals surface area contributed by atoms with E-state index in [9.17, 15) is 9.18 Å². The molecule has 98 valence electrons. The molecule has 18 heavy (non-hydrogen) atoms. The number of methoxy groups -OCH3 is 1. The van der Waals surface area contributed by atoms with Gasteiger partial charge in [0, 0.05) is 12.6 Å². The predicted octanol–water partition coefficient (Wildman–Crippen LogP) is 1.32. The maximum absolute atomic E-state index is 13.2. The lowest BCUT2D eigenvalue weighted by atomic mass is 10.1. The Morgan fingerprint density at radius 1 is 1.56 bits per heavy atom. The van der Waals surface area contributed by atoms with Gasteiger partial charge in [-0.1, -0.05) is 0 Å². The summed E-state index contributed by atoms with van der Waals surface area (Å²) in [4.78, 5) is 12.1. The van der Waals surface area contributed by atoms with Crippen molar-refractivity contribution in [3.05, 3.63) is 29.6 Å². The third-order valence-corrected chi connectivity index (χ3v) is 3.04. The van der Waals surface area contributed by atoms with Crippen LogP contribution in [0.1, 0.15) is 23.2 Å². The molecular formula is C13H17FN2O2. The van der Waals surface area contributed by atoms with Crippen molar-refractivity contribution in [3.8, 4) is 5.75 Å². The second kappa shape index (κ2) is 5.82. The van der Waals surface area contributed by atoms with Crippen molar-refractivity contribution in [1.29, 1.82) is 0 Å². The van der Waals surface area contributed by atoms with E-state index in [1.54, 1.807) is 0 Å². The molecule has 0 aromatic heterocycles. The number of hydrogen-bond donors (Lipinski definition) is 2. The summed E-state index contributed by atoms with van der Waals surface area (Å²) in [5, 5.41) is 6.10. The number of ether oxygens (including phenoxy) is 1. The maximum atomic E-state index is 13.2. The molecule has 5 heteroatoms. The lowest BCUT2D eigenvalue weighted by Crippen LogP contribution is -2.45. The summed E-state index contributed by atoms with van der Waals surface area (Å²) >= 11 is 0. The van der Waals surface area contributed by atoms with E-state index >= 15 is 0 Å². The van der Waals surface area contributed by atoms with Crippen LogP contribution in [0.2, 0.25) is 0 Å². The lowest BCUT2D eigenvalue weighted by Gasteiger charge is -2.24. The van der Waals surface area contributed by atoms with Gasteiger partial charge >= 0.3 is 0 Å². The van der Waals surface area contributed by atoms with Crippen molar-refractivity contribution in [2.75, 3.05) is 20.2 Å². The lowest BCUT2D eigenvalue weighted by molar-refractivity contribution is 0.0927. The van der Waals surface area contributed by atoms with Gasteiger partial charge in [0.25, 0.3) is 5.91 Å². The van der Waals surface area contributed by atoms with Crippen LogP contribution in [0.15, 0.2) is 18.2 Å². The van der Waals surface area contributed by atoms with Gasteiger partial charge in [0.1, 0.15) is 11.6 Å². The molecule has 1 unspecified atom stereocenters. The van der Waals surface area contributed by atoms with Gasteiger partial charge in [-0.2, -0.15) is 0 Å². The highest BCUT2D eigenvalue weighted by atomic mass is 19.1. The number of carbonyl (C=O) groups is 1. The van der Waals surface area contributed by atoms with Crippen molar-refractivity contribution in [1.82, 2.24) is 10.6 Å². The Labute approximate surface area is 106 Å². The molecule has 1 heterocycles. The fraction of sp³-hybridized carbons (Fsp3) is 0.462. The Hall–Kier alpha value is -1.62. The molecule has 1 aliphatic heterocycles. The van der Waals surface area contributed by atoms with Crippen molar-refractivity contribution in [3.63, 3.8) is 0 Å². The van der Waals surface area contributed by atoms with E-state index in [1.165, 1.54) is 25.3 Å². The molecule has 0 spiro atoms. The average Bonchev–Trinajstić information content (AvgIpc) is 2.40. The molecule has 4 nitrogen and oxygen atoms in total. The minimum Gasteiger partial charge on any atom is -0.496 e. The van der Waals surface area contributed by atoms with Crippen LogP contribution in [-0.4, -0.2) is 32.1 Å². The Balaban J connectivity index is 2.09. The molecule has 0 radical (unpaired) electrons. The van der Waals surface area contributed by atoms with Crippen LogP contribution in [0.25, 0.3) is 0 Å². The number of amides is 1. The summed E-state index contributed by atoms with van der Waals surface area (Å²) in [6.45, 7) is 1.74. The van der Waals surface area contributed by atoms with Crippen LogP contribution in [-0.2, 0) is 0 Å². The quantitative estimate of drug-likeness (QED) is 0.853. The van der Waals surface area contributed by atoms with E-state index in [2.05, 4.69) is 10.6 Å². The summed E-state index contributed by atoms with van der Waals surface area (Å²) in [7, 11) is 1.46. The number of rotatable bonds is 3. The molecule has 1 amide bonds. The van der Waals surface area contributed by atoms with E-state index in [0.717, 1.165) is 25.9 Å². The first-order valence-corrected chi connectivity index (χ1v) is 6.06. The van der Waals surface area contributed by atoms with Crippen molar-refractivity contribution < 1.29 is 13.9 Å². The summed E-state index contributed by atoms with van der Waals surface area (Å²) in [6, 6.07) is 4.03. The van der Waals surface area contributed by atoms with Crippen LogP contribution >= 0.6 is 0 Å². The Morgan fingerprint density at radius 3 is 3.06 bits per heavy atom. The average molecular weight is 252 g/mol. The largest absolute Gasteiger partial charge is 0.496 e. The van der Waals surface area contributed by atoms with Gasteiger partial charge in [0.15, 0.2) is 0 Å². The smallest absolute Gasteiger partial charge is 0.255 e. The Bertz CT molecular complexity index is 431. The van der Waals surface area contributed by atoms with Gasteiger partial charge in [-0.05, 0) is 37.6 Å². The zero-order valence-corrected chi connectivity index (χ0v) is 10.3. The Morgan fingerprint density at radius 2 is 2.39 bits per heavy atom. The number of benzene rings is 1. The van der Waals surface area contributed by atoms with E-state index in [4.69, 9.17) is 4.74 Å². The second-order valence-corrected chi connectivity index (χ2v) is 4.36. The van der Waals surface area contributed by atoms with Gasteiger partial charge in [0.05, 0.1) is 12.7 Å². The number of carbonyl (C=O) groups excluding carboxylic acids is 1. The monoisotopic (exact) mass is 252 g/mol. The number of halogens is 1. The van der Waals surface area contributed by atoms with E-state index in [1.807, 2.05) is 0 Å². The van der Waals surface area contributed by atoms with Gasteiger partial charge in [-0.15, -0.1) is 0 Å². The minimum absolute atomic E-state index is 0.0965. The van der Waals surface area contributed by atoms with E-state index in [0.29, 0.717) is 5.75 Å². The third-order valence-electron chi connectivity index (χ3n) is 3.04. The summed E-state index contributed by atoms with van der Waals surface area (Å²) in [5.41, 5.74) is 0.239. The highest BCUT2D eigenvalue weighted by Gasteiger charge is 2.19. The zero-order chi connectivity index (χ0) is 13.0. The first-order valence-electron chi connectivity index (χ1n) is 6.06. The SMILES string of the molecule is COc1ccc(F)cc1C(=O)NC1CCCNC1. The second-order valence-electron chi connectivity index (χ2n) is 4.36. The summed E-state index contributed by atoms with van der Waals surface area (Å²) < 4.78 is 18.2.